The Balaban J connectivity index is 1.90. The summed E-state index contributed by atoms with van der Waals surface area (Å²) in [7, 11) is 1.91. The summed E-state index contributed by atoms with van der Waals surface area (Å²) in [6, 6.07) is 7.65. The first-order chi connectivity index (χ1) is 9.75. The fourth-order valence-corrected chi connectivity index (χ4v) is 2.24. The highest BCUT2D eigenvalue weighted by Crippen LogP contribution is 2.28. The first kappa shape index (κ1) is 12.7. The van der Waals surface area contributed by atoms with Crippen LogP contribution in [0.15, 0.2) is 43.1 Å². The van der Waals surface area contributed by atoms with Gasteiger partial charge in [0.1, 0.15) is 18.3 Å². The van der Waals surface area contributed by atoms with E-state index in [4.69, 9.17) is 11.6 Å². The van der Waals surface area contributed by atoms with E-state index in [2.05, 4.69) is 20.5 Å². The Morgan fingerprint density at radius 2 is 2.15 bits per heavy atom. The molecule has 0 aliphatic rings. The zero-order chi connectivity index (χ0) is 13.9. The van der Waals surface area contributed by atoms with Crippen LogP contribution in [0.2, 0.25) is 5.02 Å². The molecule has 0 aliphatic heterocycles. The lowest BCUT2D eigenvalue weighted by molar-refractivity contribution is 0.720. The topological polar surface area (TPSA) is 60.6 Å². The minimum absolute atomic E-state index is 0.616. The van der Waals surface area contributed by atoms with Gasteiger partial charge in [-0.1, -0.05) is 17.7 Å². The molecular formula is C13H13ClN6. The molecule has 3 rings (SSSR count). The molecule has 0 unspecified atom stereocenters. The van der Waals surface area contributed by atoms with E-state index >= 15 is 0 Å². The molecule has 1 N–H and O–H groups in total. The zero-order valence-electron chi connectivity index (χ0n) is 10.9. The van der Waals surface area contributed by atoms with Crippen LogP contribution < -0.4 is 5.32 Å². The molecule has 0 radical (unpaired) electrons. The summed E-state index contributed by atoms with van der Waals surface area (Å²) in [5.74, 6) is 0. The predicted octanol–water partition coefficient (Wildman–Crippen LogP) is 2.27. The van der Waals surface area contributed by atoms with E-state index in [-0.39, 0.29) is 0 Å². The van der Waals surface area contributed by atoms with Gasteiger partial charge in [-0.25, -0.2) is 9.67 Å². The normalized spacial score (nSPS) is 10.7. The number of nitrogens with one attached hydrogen (secondary N) is 1. The second-order valence-electron chi connectivity index (χ2n) is 4.28. The van der Waals surface area contributed by atoms with Crippen molar-refractivity contribution in [3.8, 4) is 5.69 Å². The third-order valence-electron chi connectivity index (χ3n) is 3.02. The van der Waals surface area contributed by atoms with Crippen molar-refractivity contribution in [2.45, 2.75) is 6.54 Å². The van der Waals surface area contributed by atoms with Gasteiger partial charge in [0.15, 0.2) is 0 Å². The third-order valence-corrected chi connectivity index (χ3v) is 3.32. The minimum Gasteiger partial charge on any atom is -0.378 e. The van der Waals surface area contributed by atoms with Crippen molar-refractivity contribution >= 4 is 17.3 Å². The van der Waals surface area contributed by atoms with Crippen LogP contribution in [0.3, 0.4) is 0 Å². The van der Waals surface area contributed by atoms with Crippen molar-refractivity contribution in [1.82, 2.24) is 24.5 Å². The summed E-state index contributed by atoms with van der Waals surface area (Å²) in [5, 5.41) is 12.2. The average molecular weight is 289 g/mol. The fraction of sp³-hybridized carbons (Fsp3) is 0.154. The molecule has 20 heavy (non-hydrogen) atoms. The lowest BCUT2D eigenvalue weighted by Crippen LogP contribution is -2.08. The number of aromatic nitrogens is 5. The molecule has 0 spiro atoms. The maximum Gasteiger partial charge on any atom is 0.138 e. The Kier molecular flexibility index (Phi) is 3.39. The first-order valence-electron chi connectivity index (χ1n) is 6.10. The number of hydrogen-bond acceptors (Lipinski definition) is 4. The Morgan fingerprint density at radius 1 is 1.25 bits per heavy atom. The number of hydrogen-bond donors (Lipinski definition) is 1. The van der Waals surface area contributed by atoms with Gasteiger partial charge in [0, 0.05) is 13.2 Å². The monoisotopic (exact) mass is 288 g/mol. The molecule has 0 saturated carbocycles. The molecule has 2 aromatic heterocycles. The summed E-state index contributed by atoms with van der Waals surface area (Å²) in [6.45, 7) is 0.651. The molecule has 0 fully saturated rings. The molecule has 0 aliphatic carbocycles. The van der Waals surface area contributed by atoms with Gasteiger partial charge in [-0.2, -0.15) is 10.2 Å². The van der Waals surface area contributed by atoms with E-state index in [0.29, 0.717) is 11.6 Å². The summed E-state index contributed by atoms with van der Waals surface area (Å²) >= 11 is 6.27. The Hall–Kier alpha value is -2.34. The molecule has 1 aromatic carbocycles. The number of para-hydroxylation sites is 1. The molecule has 0 bridgehead atoms. The van der Waals surface area contributed by atoms with E-state index in [1.165, 1.54) is 6.33 Å². The van der Waals surface area contributed by atoms with Gasteiger partial charge in [-0.05, 0) is 18.2 Å². The van der Waals surface area contributed by atoms with Crippen molar-refractivity contribution in [3.63, 3.8) is 0 Å². The highest BCUT2D eigenvalue weighted by Gasteiger charge is 2.10. The van der Waals surface area contributed by atoms with Crippen LogP contribution in [0.25, 0.3) is 5.69 Å². The SMILES string of the molecule is Cn1nccc1CNc1cccc(Cl)c1-n1cncn1. The molecule has 7 heteroatoms. The van der Waals surface area contributed by atoms with E-state index in [1.807, 2.05) is 36.0 Å². The number of benzene rings is 1. The lowest BCUT2D eigenvalue weighted by atomic mass is 10.2. The van der Waals surface area contributed by atoms with Gasteiger partial charge in [0.2, 0.25) is 0 Å². The second-order valence-corrected chi connectivity index (χ2v) is 4.68. The van der Waals surface area contributed by atoms with E-state index in [9.17, 15) is 0 Å². The summed E-state index contributed by atoms with van der Waals surface area (Å²) in [6.07, 6.45) is 4.87. The van der Waals surface area contributed by atoms with Crippen LogP contribution in [0.5, 0.6) is 0 Å². The molecule has 0 atom stereocenters. The van der Waals surface area contributed by atoms with Crippen LogP contribution in [0.1, 0.15) is 5.69 Å². The standard InChI is InChI=1S/C13H13ClN6/c1-19-10(5-6-17-19)7-16-12-4-2-3-11(14)13(12)20-9-15-8-18-20/h2-6,8-9,16H,7H2,1H3. The summed E-state index contributed by atoms with van der Waals surface area (Å²) in [4.78, 5) is 3.96. The van der Waals surface area contributed by atoms with Gasteiger partial charge in [-0.15, -0.1) is 0 Å². The van der Waals surface area contributed by atoms with E-state index in [0.717, 1.165) is 17.1 Å². The van der Waals surface area contributed by atoms with Crippen LogP contribution in [-0.2, 0) is 13.6 Å². The molecule has 0 saturated heterocycles. The van der Waals surface area contributed by atoms with Crippen LogP contribution in [0, 0.1) is 0 Å². The number of rotatable bonds is 4. The Labute approximate surface area is 121 Å². The van der Waals surface area contributed by atoms with Gasteiger partial charge < -0.3 is 5.32 Å². The van der Waals surface area contributed by atoms with E-state index in [1.54, 1.807) is 17.2 Å². The molecular weight excluding hydrogens is 276 g/mol. The quantitative estimate of drug-likeness (QED) is 0.800. The summed E-state index contributed by atoms with van der Waals surface area (Å²) in [5.41, 5.74) is 2.76. The van der Waals surface area contributed by atoms with E-state index < -0.39 is 0 Å². The van der Waals surface area contributed by atoms with Crippen molar-refractivity contribution in [3.05, 3.63) is 53.8 Å². The van der Waals surface area contributed by atoms with Gasteiger partial charge in [0.25, 0.3) is 0 Å². The van der Waals surface area contributed by atoms with Crippen LogP contribution >= 0.6 is 11.6 Å². The maximum absolute atomic E-state index is 6.27. The molecule has 2 heterocycles. The van der Waals surface area contributed by atoms with Crippen molar-refractivity contribution in [2.75, 3.05) is 5.32 Å². The highest BCUT2D eigenvalue weighted by molar-refractivity contribution is 6.33. The zero-order valence-corrected chi connectivity index (χ0v) is 11.6. The highest BCUT2D eigenvalue weighted by atomic mass is 35.5. The molecule has 3 aromatic rings. The second kappa shape index (κ2) is 5.34. The summed E-state index contributed by atoms with van der Waals surface area (Å²) < 4.78 is 3.47. The molecule has 102 valence electrons. The number of anilines is 1. The number of nitrogens with zero attached hydrogens (tertiary/aromatic N) is 5. The Morgan fingerprint density at radius 3 is 2.85 bits per heavy atom. The Bertz CT molecular complexity index is 703. The smallest absolute Gasteiger partial charge is 0.138 e. The molecule has 0 amide bonds. The van der Waals surface area contributed by atoms with Gasteiger partial charge >= 0.3 is 0 Å². The lowest BCUT2D eigenvalue weighted by Gasteiger charge is -2.13. The van der Waals surface area contributed by atoms with Gasteiger partial charge in [-0.3, -0.25) is 4.68 Å². The van der Waals surface area contributed by atoms with Gasteiger partial charge in [0.05, 0.1) is 22.9 Å². The van der Waals surface area contributed by atoms with Crippen molar-refractivity contribution < 1.29 is 0 Å². The maximum atomic E-state index is 6.27. The van der Waals surface area contributed by atoms with Crippen LogP contribution in [0.4, 0.5) is 5.69 Å². The minimum atomic E-state index is 0.616. The van der Waals surface area contributed by atoms with Crippen molar-refractivity contribution in [1.29, 1.82) is 0 Å². The number of aryl methyl sites for hydroxylation is 1. The van der Waals surface area contributed by atoms with Crippen LogP contribution in [-0.4, -0.2) is 24.5 Å². The number of halogens is 1. The fourth-order valence-electron chi connectivity index (χ4n) is 1.98. The van der Waals surface area contributed by atoms with Crippen molar-refractivity contribution in [2.24, 2.45) is 7.05 Å². The molecule has 6 nitrogen and oxygen atoms in total. The predicted molar refractivity (Wildman–Crippen MR) is 76.9 cm³/mol. The first-order valence-corrected chi connectivity index (χ1v) is 6.48. The largest absolute Gasteiger partial charge is 0.378 e. The average Bonchev–Trinajstić information content (AvgIpc) is 3.08. The third kappa shape index (κ3) is 2.37.